The molecule has 0 radical (unpaired) electrons. The average molecular weight is 235 g/mol. The van der Waals surface area contributed by atoms with Crippen LogP contribution in [-0.2, 0) is 0 Å². The van der Waals surface area contributed by atoms with E-state index in [4.69, 9.17) is 0 Å². The Labute approximate surface area is 105 Å². The monoisotopic (exact) mass is 235 g/mol. The molecule has 2 rings (SSSR count). The minimum atomic E-state index is 0.239. The Bertz CT molecular complexity index is 288. The smallest absolute Gasteiger partial charge is 0.0672 e. The molecule has 0 saturated heterocycles. The van der Waals surface area contributed by atoms with E-state index in [1.807, 2.05) is 0 Å². The highest BCUT2D eigenvalue weighted by molar-refractivity contribution is 5.01. The van der Waals surface area contributed by atoms with Crippen molar-refractivity contribution in [3.63, 3.8) is 0 Å². The van der Waals surface area contributed by atoms with Gasteiger partial charge in [0.05, 0.1) is 12.0 Å². The summed E-state index contributed by atoms with van der Waals surface area (Å²) in [6.45, 7) is 1.06. The van der Waals surface area contributed by atoms with Gasteiger partial charge in [-0.15, -0.1) is 0 Å². The third-order valence-corrected chi connectivity index (χ3v) is 4.86. The first kappa shape index (κ1) is 12.9. The molecule has 17 heavy (non-hydrogen) atoms. The number of nitrogens with zero attached hydrogens (tertiary/aromatic N) is 2. The van der Waals surface area contributed by atoms with Crippen molar-refractivity contribution in [1.29, 1.82) is 5.26 Å². The van der Waals surface area contributed by atoms with Gasteiger partial charge in [0, 0.05) is 18.1 Å². The third kappa shape index (κ3) is 2.64. The van der Waals surface area contributed by atoms with Gasteiger partial charge in [0.15, 0.2) is 0 Å². The van der Waals surface area contributed by atoms with Crippen molar-refractivity contribution in [3.05, 3.63) is 0 Å². The van der Waals surface area contributed by atoms with Gasteiger partial charge in [0.25, 0.3) is 0 Å². The first-order valence-electron chi connectivity index (χ1n) is 6.98. The van der Waals surface area contributed by atoms with Crippen LogP contribution in [0, 0.1) is 17.2 Å². The Hall–Kier alpha value is -0.590. The lowest BCUT2D eigenvalue weighted by Crippen LogP contribution is -2.58. The van der Waals surface area contributed by atoms with Crippen LogP contribution in [0.15, 0.2) is 0 Å². The minimum absolute atomic E-state index is 0.239. The van der Waals surface area contributed by atoms with Gasteiger partial charge < -0.3 is 10.2 Å². The highest BCUT2D eigenvalue weighted by Crippen LogP contribution is 2.36. The molecule has 0 amide bonds. The maximum absolute atomic E-state index is 9.17. The standard InChI is InChI=1S/C14H25N3/c1-17(2)14(8-5-9-14)11-16-13-7-4-3-6-12(13)10-15/h12-13,16H,3-9,11H2,1-2H3. The quantitative estimate of drug-likeness (QED) is 0.811. The van der Waals surface area contributed by atoms with Crippen molar-refractivity contribution < 1.29 is 0 Å². The number of hydrogen-bond donors (Lipinski definition) is 1. The van der Waals surface area contributed by atoms with Crippen LogP contribution in [0.3, 0.4) is 0 Å². The summed E-state index contributed by atoms with van der Waals surface area (Å²) in [5.41, 5.74) is 0.372. The molecule has 0 aliphatic heterocycles. The SMILES string of the molecule is CN(C)C1(CNC2CCCCC2C#N)CCC1. The Morgan fingerprint density at radius 1 is 1.24 bits per heavy atom. The molecule has 0 aromatic carbocycles. The molecule has 2 saturated carbocycles. The molecule has 0 spiro atoms. The number of nitrogens with one attached hydrogen (secondary N) is 1. The summed E-state index contributed by atoms with van der Waals surface area (Å²) >= 11 is 0. The molecule has 3 heteroatoms. The lowest BCUT2D eigenvalue weighted by Gasteiger charge is -2.48. The number of likely N-dealkylation sites (N-methyl/N-ethyl adjacent to an activating group) is 1. The van der Waals surface area contributed by atoms with Crippen LogP contribution in [0.1, 0.15) is 44.9 Å². The number of nitriles is 1. The van der Waals surface area contributed by atoms with Gasteiger partial charge in [-0.05, 0) is 46.2 Å². The van der Waals surface area contributed by atoms with Crippen molar-refractivity contribution in [1.82, 2.24) is 10.2 Å². The second-order valence-corrected chi connectivity index (χ2v) is 5.98. The van der Waals surface area contributed by atoms with Crippen molar-refractivity contribution in [2.24, 2.45) is 5.92 Å². The van der Waals surface area contributed by atoms with Crippen LogP contribution in [0.4, 0.5) is 0 Å². The normalized spacial score (nSPS) is 31.9. The van der Waals surface area contributed by atoms with Crippen LogP contribution in [0.25, 0.3) is 0 Å². The zero-order chi connectivity index (χ0) is 12.3. The Morgan fingerprint density at radius 3 is 2.47 bits per heavy atom. The van der Waals surface area contributed by atoms with Crippen LogP contribution < -0.4 is 5.32 Å². The summed E-state index contributed by atoms with van der Waals surface area (Å²) in [6.07, 6.45) is 8.74. The van der Waals surface area contributed by atoms with Gasteiger partial charge in [-0.3, -0.25) is 0 Å². The summed E-state index contributed by atoms with van der Waals surface area (Å²) in [5, 5.41) is 12.9. The Kier molecular flexibility index (Phi) is 4.06. The predicted molar refractivity (Wildman–Crippen MR) is 69.6 cm³/mol. The molecule has 96 valence electrons. The molecule has 2 unspecified atom stereocenters. The maximum atomic E-state index is 9.17. The van der Waals surface area contributed by atoms with Crippen LogP contribution >= 0.6 is 0 Å². The average Bonchev–Trinajstić information content (AvgIpc) is 2.27. The van der Waals surface area contributed by atoms with Crippen LogP contribution in [0.5, 0.6) is 0 Å². The van der Waals surface area contributed by atoms with E-state index in [-0.39, 0.29) is 5.92 Å². The van der Waals surface area contributed by atoms with E-state index >= 15 is 0 Å². The van der Waals surface area contributed by atoms with Crippen LogP contribution in [0.2, 0.25) is 0 Å². The molecule has 0 heterocycles. The van der Waals surface area contributed by atoms with E-state index in [2.05, 4.69) is 30.4 Å². The minimum Gasteiger partial charge on any atom is -0.311 e. The van der Waals surface area contributed by atoms with E-state index in [9.17, 15) is 5.26 Å². The van der Waals surface area contributed by atoms with Crippen LogP contribution in [-0.4, -0.2) is 37.1 Å². The number of rotatable bonds is 4. The zero-order valence-corrected chi connectivity index (χ0v) is 11.2. The highest BCUT2D eigenvalue weighted by Gasteiger charge is 2.39. The third-order valence-electron chi connectivity index (χ3n) is 4.86. The summed E-state index contributed by atoms with van der Waals surface area (Å²) in [5.74, 6) is 0.239. The lowest BCUT2D eigenvalue weighted by atomic mass is 9.75. The summed E-state index contributed by atoms with van der Waals surface area (Å²) in [4.78, 5) is 2.37. The van der Waals surface area contributed by atoms with Gasteiger partial charge in [0.1, 0.15) is 0 Å². The van der Waals surface area contributed by atoms with Crippen molar-refractivity contribution in [3.8, 4) is 6.07 Å². The fourth-order valence-electron chi connectivity index (χ4n) is 3.22. The van der Waals surface area contributed by atoms with Crippen molar-refractivity contribution in [2.75, 3.05) is 20.6 Å². The molecular formula is C14H25N3. The molecule has 0 bridgehead atoms. The molecule has 0 aromatic rings. The fraction of sp³-hybridized carbons (Fsp3) is 0.929. The summed E-state index contributed by atoms with van der Waals surface area (Å²) < 4.78 is 0. The van der Waals surface area contributed by atoms with E-state index in [1.54, 1.807) is 0 Å². The van der Waals surface area contributed by atoms with Gasteiger partial charge >= 0.3 is 0 Å². The summed E-state index contributed by atoms with van der Waals surface area (Å²) in [7, 11) is 4.37. The van der Waals surface area contributed by atoms with Gasteiger partial charge in [-0.2, -0.15) is 5.26 Å². The van der Waals surface area contributed by atoms with E-state index in [0.29, 0.717) is 11.6 Å². The zero-order valence-electron chi connectivity index (χ0n) is 11.2. The molecule has 2 aliphatic rings. The Morgan fingerprint density at radius 2 is 1.94 bits per heavy atom. The van der Waals surface area contributed by atoms with E-state index in [1.165, 1.54) is 38.5 Å². The van der Waals surface area contributed by atoms with Crippen molar-refractivity contribution in [2.45, 2.75) is 56.5 Å². The molecule has 1 N–H and O–H groups in total. The maximum Gasteiger partial charge on any atom is 0.0672 e. The summed E-state index contributed by atoms with van der Waals surface area (Å²) in [6, 6.07) is 2.92. The molecule has 0 aromatic heterocycles. The molecule has 3 nitrogen and oxygen atoms in total. The highest BCUT2D eigenvalue weighted by atomic mass is 15.2. The first-order chi connectivity index (χ1) is 8.18. The second-order valence-electron chi connectivity index (χ2n) is 5.98. The Balaban J connectivity index is 1.86. The van der Waals surface area contributed by atoms with E-state index in [0.717, 1.165) is 13.0 Å². The van der Waals surface area contributed by atoms with Crippen molar-refractivity contribution >= 4 is 0 Å². The second kappa shape index (κ2) is 5.37. The molecular weight excluding hydrogens is 210 g/mol. The fourth-order valence-corrected chi connectivity index (χ4v) is 3.22. The molecule has 2 aliphatic carbocycles. The first-order valence-corrected chi connectivity index (χ1v) is 6.98. The topological polar surface area (TPSA) is 39.1 Å². The van der Waals surface area contributed by atoms with Gasteiger partial charge in [-0.25, -0.2) is 0 Å². The van der Waals surface area contributed by atoms with Gasteiger partial charge in [0.2, 0.25) is 0 Å². The molecule has 2 atom stereocenters. The molecule has 2 fully saturated rings. The lowest BCUT2D eigenvalue weighted by molar-refractivity contribution is 0.0539. The van der Waals surface area contributed by atoms with Gasteiger partial charge in [-0.1, -0.05) is 12.8 Å². The largest absolute Gasteiger partial charge is 0.311 e. The number of hydrogen-bond acceptors (Lipinski definition) is 3. The predicted octanol–water partition coefficient (Wildman–Crippen LogP) is 2.14. The van der Waals surface area contributed by atoms with E-state index < -0.39 is 0 Å².